The standard InChI is InChI=1S/C17H26Cl2N2/c1-13(2)9-20-10-14-4-3-7-21(11-14)12-15-5-6-16(18)8-17(15)19/h5-6,8,13-14,20H,3-4,7,9-12H2,1-2H3. The molecule has 0 radical (unpaired) electrons. The smallest absolute Gasteiger partial charge is 0.0465 e. The fourth-order valence-corrected chi connectivity index (χ4v) is 3.40. The molecule has 1 saturated heterocycles. The predicted molar refractivity (Wildman–Crippen MR) is 92.2 cm³/mol. The first-order valence-corrected chi connectivity index (χ1v) is 8.67. The summed E-state index contributed by atoms with van der Waals surface area (Å²) in [7, 11) is 0. The lowest BCUT2D eigenvalue weighted by Crippen LogP contribution is -2.39. The Balaban J connectivity index is 1.83. The van der Waals surface area contributed by atoms with Crippen LogP contribution in [0.2, 0.25) is 10.0 Å². The van der Waals surface area contributed by atoms with Gasteiger partial charge in [-0.05, 0) is 62.0 Å². The molecule has 2 rings (SSSR count). The number of hydrogen-bond donors (Lipinski definition) is 1. The van der Waals surface area contributed by atoms with Gasteiger partial charge in [-0.15, -0.1) is 0 Å². The van der Waals surface area contributed by atoms with Crippen LogP contribution in [0.4, 0.5) is 0 Å². The second-order valence-corrected chi connectivity index (χ2v) is 7.37. The topological polar surface area (TPSA) is 15.3 Å². The zero-order valence-corrected chi connectivity index (χ0v) is 14.6. The molecule has 1 aromatic rings. The highest BCUT2D eigenvalue weighted by Gasteiger charge is 2.20. The molecule has 4 heteroatoms. The van der Waals surface area contributed by atoms with Crippen LogP contribution in [0.25, 0.3) is 0 Å². The number of rotatable bonds is 6. The van der Waals surface area contributed by atoms with Crippen molar-refractivity contribution in [2.45, 2.75) is 33.2 Å². The van der Waals surface area contributed by atoms with Gasteiger partial charge in [0.25, 0.3) is 0 Å². The Morgan fingerprint density at radius 3 is 2.86 bits per heavy atom. The van der Waals surface area contributed by atoms with Gasteiger partial charge >= 0.3 is 0 Å². The summed E-state index contributed by atoms with van der Waals surface area (Å²) in [5.41, 5.74) is 1.18. The average Bonchev–Trinajstić information content (AvgIpc) is 2.42. The minimum atomic E-state index is 0.707. The van der Waals surface area contributed by atoms with Gasteiger partial charge in [-0.1, -0.05) is 43.1 Å². The van der Waals surface area contributed by atoms with Gasteiger partial charge < -0.3 is 5.32 Å². The van der Waals surface area contributed by atoms with Crippen LogP contribution in [0.15, 0.2) is 18.2 Å². The van der Waals surface area contributed by atoms with Crippen molar-refractivity contribution in [3.05, 3.63) is 33.8 Å². The van der Waals surface area contributed by atoms with Gasteiger partial charge in [-0.3, -0.25) is 4.90 Å². The van der Waals surface area contributed by atoms with E-state index < -0.39 is 0 Å². The predicted octanol–water partition coefficient (Wildman–Crippen LogP) is 4.45. The average molecular weight is 329 g/mol. The number of halogens is 2. The number of nitrogens with zero attached hydrogens (tertiary/aromatic N) is 1. The maximum absolute atomic E-state index is 6.28. The highest BCUT2D eigenvalue weighted by Crippen LogP contribution is 2.24. The second kappa shape index (κ2) is 8.38. The summed E-state index contributed by atoms with van der Waals surface area (Å²) in [6, 6.07) is 5.81. The lowest BCUT2D eigenvalue weighted by Gasteiger charge is -2.33. The molecule has 21 heavy (non-hydrogen) atoms. The molecule has 1 fully saturated rings. The Hall–Kier alpha value is -0.280. The molecule has 118 valence electrons. The van der Waals surface area contributed by atoms with Crippen molar-refractivity contribution in [2.24, 2.45) is 11.8 Å². The van der Waals surface area contributed by atoms with Crippen LogP contribution < -0.4 is 5.32 Å². The molecule has 1 aliphatic heterocycles. The Morgan fingerprint density at radius 1 is 1.33 bits per heavy atom. The first-order valence-electron chi connectivity index (χ1n) is 7.91. The second-order valence-electron chi connectivity index (χ2n) is 6.53. The van der Waals surface area contributed by atoms with Crippen LogP contribution in [0.1, 0.15) is 32.3 Å². The summed E-state index contributed by atoms with van der Waals surface area (Å²) in [5, 5.41) is 5.07. The number of benzene rings is 1. The van der Waals surface area contributed by atoms with E-state index in [-0.39, 0.29) is 0 Å². The quantitative estimate of drug-likeness (QED) is 0.829. The molecule has 1 atom stereocenters. The van der Waals surface area contributed by atoms with Crippen molar-refractivity contribution in [3.63, 3.8) is 0 Å². The first-order chi connectivity index (χ1) is 10.0. The molecule has 1 unspecified atom stereocenters. The molecule has 0 saturated carbocycles. The van der Waals surface area contributed by atoms with Gasteiger partial charge in [0.05, 0.1) is 0 Å². The molecular formula is C17H26Cl2N2. The van der Waals surface area contributed by atoms with Gasteiger partial charge in [0.15, 0.2) is 0 Å². The third-order valence-electron chi connectivity index (χ3n) is 4.00. The van der Waals surface area contributed by atoms with Gasteiger partial charge in [0.2, 0.25) is 0 Å². The van der Waals surface area contributed by atoms with Crippen molar-refractivity contribution >= 4 is 23.2 Å². The number of hydrogen-bond acceptors (Lipinski definition) is 2. The Bertz CT molecular complexity index is 448. The molecule has 1 heterocycles. The highest BCUT2D eigenvalue weighted by atomic mass is 35.5. The van der Waals surface area contributed by atoms with E-state index in [1.54, 1.807) is 0 Å². The largest absolute Gasteiger partial charge is 0.316 e. The van der Waals surface area contributed by atoms with E-state index in [9.17, 15) is 0 Å². The SMILES string of the molecule is CC(C)CNCC1CCCN(Cc2ccc(Cl)cc2Cl)C1. The highest BCUT2D eigenvalue weighted by molar-refractivity contribution is 6.35. The van der Waals surface area contributed by atoms with Gasteiger partial charge in [-0.2, -0.15) is 0 Å². The molecule has 1 N–H and O–H groups in total. The van der Waals surface area contributed by atoms with Crippen molar-refractivity contribution in [3.8, 4) is 0 Å². The van der Waals surface area contributed by atoms with E-state index in [0.29, 0.717) is 5.02 Å². The summed E-state index contributed by atoms with van der Waals surface area (Å²) >= 11 is 12.2. The number of nitrogens with one attached hydrogen (secondary N) is 1. The molecular weight excluding hydrogens is 303 g/mol. The Morgan fingerprint density at radius 2 is 2.14 bits per heavy atom. The monoisotopic (exact) mass is 328 g/mol. The van der Waals surface area contributed by atoms with Crippen molar-refractivity contribution in [1.29, 1.82) is 0 Å². The molecule has 0 bridgehead atoms. The van der Waals surface area contributed by atoms with E-state index in [2.05, 4.69) is 24.1 Å². The minimum Gasteiger partial charge on any atom is -0.316 e. The van der Waals surface area contributed by atoms with Crippen molar-refractivity contribution in [1.82, 2.24) is 10.2 Å². The molecule has 0 aromatic heterocycles. The molecule has 0 aliphatic carbocycles. The van der Waals surface area contributed by atoms with E-state index in [1.807, 2.05) is 18.2 Å². The van der Waals surface area contributed by atoms with E-state index in [4.69, 9.17) is 23.2 Å². The summed E-state index contributed by atoms with van der Waals surface area (Å²) < 4.78 is 0. The maximum atomic E-state index is 6.28. The number of piperidine rings is 1. The van der Waals surface area contributed by atoms with Crippen LogP contribution in [-0.2, 0) is 6.54 Å². The van der Waals surface area contributed by atoms with E-state index >= 15 is 0 Å². The summed E-state index contributed by atoms with van der Waals surface area (Å²) in [4.78, 5) is 2.51. The minimum absolute atomic E-state index is 0.707. The summed E-state index contributed by atoms with van der Waals surface area (Å²) in [6.07, 6.45) is 2.61. The number of likely N-dealkylation sites (tertiary alicyclic amines) is 1. The van der Waals surface area contributed by atoms with E-state index in [0.717, 1.165) is 43.0 Å². The van der Waals surface area contributed by atoms with Crippen LogP contribution in [-0.4, -0.2) is 31.1 Å². The Labute approximate surface area is 138 Å². The maximum Gasteiger partial charge on any atom is 0.0465 e. The zero-order chi connectivity index (χ0) is 15.2. The van der Waals surface area contributed by atoms with Crippen molar-refractivity contribution in [2.75, 3.05) is 26.2 Å². The third-order valence-corrected chi connectivity index (χ3v) is 4.58. The van der Waals surface area contributed by atoms with Gasteiger partial charge in [-0.25, -0.2) is 0 Å². The summed E-state index contributed by atoms with van der Waals surface area (Å²) in [6.45, 7) is 9.99. The van der Waals surface area contributed by atoms with Crippen LogP contribution in [0.3, 0.4) is 0 Å². The van der Waals surface area contributed by atoms with Gasteiger partial charge in [0, 0.05) is 23.1 Å². The lowest BCUT2D eigenvalue weighted by atomic mass is 9.97. The van der Waals surface area contributed by atoms with Crippen molar-refractivity contribution < 1.29 is 0 Å². The third kappa shape index (κ3) is 5.78. The van der Waals surface area contributed by atoms with Gasteiger partial charge in [0.1, 0.15) is 0 Å². The lowest BCUT2D eigenvalue weighted by molar-refractivity contribution is 0.165. The fourth-order valence-electron chi connectivity index (χ4n) is 2.93. The van der Waals surface area contributed by atoms with E-state index in [1.165, 1.54) is 24.9 Å². The van der Waals surface area contributed by atoms with Crippen LogP contribution in [0.5, 0.6) is 0 Å². The van der Waals surface area contributed by atoms with Crippen LogP contribution in [0, 0.1) is 11.8 Å². The molecule has 0 spiro atoms. The fraction of sp³-hybridized carbons (Fsp3) is 0.647. The molecule has 1 aliphatic rings. The summed E-state index contributed by atoms with van der Waals surface area (Å²) in [5.74, 6) is 1.47. The molecule has 1 aromatic carbocycles. The molecule has 0 amide bonds. The molecule has 2 nitrogen and oxygen atoms in total. The zero-order valence-electron chi connectivity index (χ0n) is 13.0. The normalized spacial score (nSPS) is 20.1. The first kappa shape index (κ1) is 17.1. The van der Waals surface area contributed by atoms with Crippen LogP contribution >= 0.6 is 23.2 Å². The Kier molecular flexibility index (Phi) is 6.81.